The molecule has 1 aliphatic heterocycles. The molecule has 1 heterocycles. The summed E-state index contributed by atoms with van der Waals surface area (Å²) in [4.78, 5) is 26.9. The zero-order valence-corrected chi connectivity index (χ0v) is 15.3. The fourth-order valence-electron chi connectivity index (χ4n) is 3.29. The number of carbonyl (C=O) groups is 2. The van der Waals surface area contributed by atoms with E-state index in [0.29, 0.717) is 16.8 Å². The molecule has 0 radical (unpaired) electrons. The first-order valence-electron chi connectivity index (χ1n) is 8.88. The minimum Gasteiger partial charge on any atom is -0.268 e. The lowest BCUT2D eigenvalue weighted by atomic mass is 10.0. The molecule has 3 aromatic rings. The number of benzene rings is 3. The second kappa shape index (κ2) is 6.69. The minimum atomic E-state index is -0.275. The molecule has 0 N–H and O–H groups in total. The van der Waals surface area contributed by atoms with Crippen LogP contribution in [-0.2, 0) is 0 Å². The number of nitrogens with zero attached hydrogens (tertiary/aromatic N) is 1. The number of para-hydroxylation sites is 1. The Morgan fingerprint density at radius 1 is 0.704 bits per heavy atom. The van der Waals surface area contributed by atoms with Gasteiger partial charge in [0.2, 0.25) is 0 Å². The van der Waals surface area contributed by atoms with Gasteiger partial charge in [-0.05, 0) is 54.3 Å². The normalized spacial score (nSPS) is 13.5. The van der Waals surface area contributed by atoms with E-state index in [-0.39, 0.29) is 11.8 Å². The molecule has 0 spiro atoms. The first-order chi connectivity index (χ1) is 13.1. The van der Waals surface area contributed by atoms with Crippen molar-refractivity contribution in [3.8, 4) is 0 Å². The lowest BCUT2D eigenvalue weighted by Gasteiger charge is -2.16. The molecule has 3 heteroatoms. The fraction of sp³-hybridized carbons (Fsp3) is 0.0833. The molecule has 2 amide bonds. The summed E-state index contributed by atoms with van der Waals surface area (Å²) in [6, 6.07) is 20.7. The smallest absolute Gasteiger partial charge is 0.266 e. The number of hydrogen-bond donors (Lipinski definition) is 0. The second-order valence-corrected chi connectivity index (χ2v) is 6.73. The highest BCUT2D eigenvalue weighted by atomic mass is 16.2. The SMILES string of the molecule is Cc1ccc(/C=C/c2ccccc2N2C(=O)c3ccccc3C2=O)cc1C. The van der Waals surface area contributed by atoms with Crippen molar-refractivity contribution in [3.63, 3.8) is 0 Å². The van der Waals surface area contributed by atoms with Gasteiger partial charge in [0.05, 0.1) is 16.8 Å². The lowest BCUT2D eigenvalue weighted by molar-refractivity contribution is 0.0926. The summed E-state index contributed by atoms with van der Waals surface area (Å²) in [5, 5.41) is 0. The van der Waals surface area contributed by atoms with Crippen LogP contribution in [0.15, 0.2) is 66.7 Å². The molecule has 0 saturated heterocycles. The number of carbonyl (C=O) groups excluding carboxylic acids is 2. The Balaban J connectivity index is 1.72. The molecule has 0 saturated carbocycles. The van der Waals surface area contributed by atoms with Crippen LogP contribution in [0, 0.1) is 13.8 Å². The van der Waals surface area contributed by atoms with Crippen molar-refractivity contribution in [1.29, 1.82) is 0 Å². The zero-order chi connectivity index (χ0) is 19.0. The van der Waals surface area contributed by atoms with Crippen molar-refractivity contribution in [2.45, 2.75) is 13.8 Å². The molecule has 132 valence electrons. The first kappa shape index (κ1) is 17.0. The van der Waals surface area contributed by atoms with Crippen molar-refractivity contribution in [3.05, 3.63) is 100 Å². The fourth-order valence-corrected chi connectivity index (χ4v) is 3.29. The summed E-state index contributed by atoms with van der Waals surface area (Å²) in [6.45, 7) is 4.17. The van der Waals surface area contributed by atoms with Gasteiger partial charge in [-0.25, -0.2) is 4.90 Å². The van der Waals surface area contributed by atoms with Gasteiger partial charge in [0.1, 0.15) is 0 Å². The van der Waals surface area contributed by atoms with E-state index in [2.05, 4.69) is 32.0 Å². The topological polar surface area (TPSA) is 37.4 Å². The molecule has 3 aromatic carbocycles. The largest absolute Gasteiger partial charge is 0.268 e. The Morgan fingerprint density at radius 3 is 2.00 bits per heavy atom. The van der Waals surface area contributed by atoms with E-state index in [1.165, 1.54) is 16.0 Å². The number of hydrogen-bond acceptors (Lipinski definition) is 2. The molecule has 0 aliphatic carbocycles. The van der Waals surface area contributed by atoms with Gasteiger partial charge in [0.25, 0.3) is 11.8 Å². The Bertz CT molecular complexity index is 1060. The molecule has 0 aromatic heterocycles. The number of aryl methyl sites for hydroxylation is 2. The van der Waals surface area contributed by atoms with Crippen LogP contribution in [0.3, 0.4) is 0 Å². The van der Waals surface area contributed by atoms with Crippen molar-refractivity contribution in [2.75, 3.05) is 4.90 Å². The molecular formula is C24H19NO2. The van der Waals surface area contributed by atoms with E-state index in [9.17, 15) is 9.59 Å². The minimum absolute atomic E-state index is 0.275. The van der Waals surface area contributed by atoms with Crippen LogP contribution in [0.5, 0.6) is 0 Å². The third-order valence-corrected chi connectivity index (χ3v) is 4.96. The van der Waals surface area contributed by atoms with E-state index in [1.807, 2.05) is 36.4 Å². The summed E-state index contributed by atoms with van der Waals surface area (Å²) in [5.41, 5.74) is 5.89. The molecule has 27 heavy (non-hydrogen) atoms. The number of imide groups is 1. The van der Waals surface area contributed by atoms with Gasteiger partial charge in [-0.15, -0.1) is 0 Å². The number of fused-ring (bicyclic) bond motifs is 1. The van der Waals surface area contributed by atoms with E-state index in [1.54, 1.807) is 24.3 Å². The summed E-state index contributed by atoms with van der Waals surface area (Å²) in [6.07, 6.45) is 3.95. The van der Waals surface area contributed by atoms with Gasteiger partial charge in [-0.2, -0.15) is 0 Å². The predicted molar refractivity (Wildman–Crippen MR) is 109 cm³/mol. The molecule has 4 rings (SSSR count). The maximum absolute atomic E-state index is 12.8. The summed E-state index contributed by atoms with van der Waals surface area (Å²) in [7, 11) is 0. The van der Waals surface area contributed by atoms with Crippen LogP contribution in [0.25, 0.3) is 12.2 Å². The maximum atomic E-state index is 12.8. The standard InChI is InChI=1S/C24H19NO2/c1-16-11-12-18(15-17(16)2)13-14-19-7-3-6-10-22(19)25-23(26)20-8-4-5-9-21(20)24(25)27/h3-15H,1-2H3/b14-13+. The predicted octanol–water partition coefficient (Wildman–Crippen LogP) is 5.27. The van der Waals surface area contributed by atoms with E-state index >= 15 is 0 Å². The Morgan fingerprint density at radius 2 is 1.33 bits per heavy atom. The van der Waals surface area contributed by atoms with Gasteiger partial charge >= 0.3 is 0 Å². The highest BCUT2D eigenvalue weighted by molar-refractivity contribution is 6.34. The van der Waals surface area contributed by atoms with Gasteiger partial charge in [-0.1, -0.05) is 60.7 Å². The Kier molecular flexibility index (Phi) is 4.21. The van der Waals surface area contributed by atoms with E-state index < -0.39 is 0 Å². The Labute approximate surface area is 158 Å². The van der Waals surface area contributed by atoms with Crippen LogP contribution in [0.4, 0.5) is 5.69 Å². The summed E-state index contributed by atoms with van der Waals surface area (Å²) >= 11 is 0. The van der Waals surface area contributed by atoms with Crippen molar-refractivity contribution < 1.29 is 9.59 Å². The van der Waals surface area contributed by atoms with Crippen molar-refractivity contribution in [2.24, 2.45) is 0 Å². The molecule has 0 fully saturated rings. The molecule has 1 aliphatic rings. The molecule has 3 nitrogen and oxygen atoms in total. The van der Waals surface area contributed by atoms with E-state index in [4.69, 9.17) is 0 Å². The average Bonchev–Trinajstić information content (AvgIpc) is 2.94. The summed E-state index contributed by atoms with van der Waals surface area (Å²) in [5.74, 6) is -0.551. The number of rotatable bonds is 3. The van der Waals surface area contributed by atoms with Crippen molar-refractivity contribution >= 4 is 29.7 Å². The van der Waals surface area contributed by atoms with Gasteiger partial charge < -0.3 is 0 Å². The van der Waals surface area contributed by atoms with Crippen LogP contribution < -0.4 is 4.90 Å². The average molecular weight is 353 g/mol. The highest BCUT2D eigenvalue weighted by Gasteiger charge is 2.36. The third-order valence-electron chi connectivity index (χ3n) is 4.96. The number of amides is 2. The van der Waals surface area contributed by atoms with Crippen molar-refractivity contribution in [1.82, 2.24) is 0 Å². The van der Waals surface area contributed by atoms with Gasteiger partial charge in [0.15, 0.2) is 0 Å². The molecule has 0 unspecified atom stereocenters. The highest BCUT2D eigenvalue weighted by Crippen LogP contribution is 2.31. The molecule has 0 bridgehead atoms. The monoisotopic (exact) mass is 353 g/mol. The maximum Gasteiger partial charge on any atom is 0.266 e. The van der Waals surface area contributed by atoms with Gasteiger partial charge in [0, 0.05) is 0 Å². The summed E-state index contributed by atoms with van der Waals surface area (Å²) < 4.78 is 0. The van der Waals surface area contributed by atoms with E-state index in [0.717, 1.165) is 11.1 Å². The van der Waals surface area contributed by atoms with Crippen LogP contribution in [0.2, 0.25) is 0 Å². The van der Waals surface area contributed by atoms with Crippen LogP contribution in [-0.4, -0.2) is 11.8 Å². The third kappa shape index (κ3) is 2.97. The Hall–Kier alpha value is -3.46. The first-order valence-corrected chi connectivity index (χ1v) is 8.88. The lowest BCUT2D eigenvalue weighted by Crippen LogP contribution is -2.29. The molecular weight excluding hydrogens is 334 g/mol. The molecule has 0 atom stereocenters. The van der Waals surface area contributed by atoms with Gasteiger partial charge in [-0.3, -0.25) is 9.59 Å². The van der Waals surface area contributed by atoms with Crippen LogP contribution in [0.1, 0.15) is 43.0 Å². The second-order valence-electron chi connectivity index (χ2n) is 6.73. The number of anilines is 1. The zero-order valence-electron chi connectivity index (χ0n) is 15.3. The quantitative estimate of drug-likeness (QED) is 0.475. The van der Waals surface area contributed by atoms with Crippen LogP contribution >= 0.6 is 0 Å².